The molecule has 4 heteroatoms. The minimum Gasteiger partial charge on any atom is -0.385 e. The predicted octanol–water partition coefficient (Wildman–Crippen LogP) is 2.96. The molecule has 1 atom stereocenters. The predicted molar refractivity (Wildman–Crippen MR) is 81.9 cm³/mol. The Kier molecular flexibility index (Phi) is 8.07. The molecule has 0 radical (unpaired) electrons. The van der Waals surface area contributed by atoms with Crippen LogP contribution in [0.4, 0.5) is 0 Å². The molecule has 0 spiro atoms. The molecule has 0 saturated heterocycles. The molecule has 0 amide bonds. The van der Waals surface area contributed by atoms with Crippen molar-refractivity contribution in [1.82, 2.24) is 10.2 Å². The van der Waals surface area contributed by atoms with Gasteiger partial charge in [-0.1, -0.05) is 23.7 Å². The molecule has 0 aliphatic rings. The summed E-state index contributed by atoms with van der Waals surface area (Å²) in [6.45, 7) is 6.07. The average Bonchev–Trinajstić information content (AvgIpc) is 2.42. The fraction of sp³-hybridized carbons (Fsp3) is 0.600. The van der Waals surface area contributed by atoms with E-state index in [0.717, 1.165) is 37.7 Å². The number of nitrogens with one attached hydrogen (secondary N) is 1. The highest BCUT2D eigenvalue weighted by Gasteiger charge is 2.10. The topological polar surface area (TPSA) is 24.5 Å². The first-order valence-electron chi connectivity index (χ1n) is 6.80. The molecule has 108 valence electrons. The number of halogens is 1. The van der Waals surface area contributed by atoms with E-state index in [0.29, 0.717) is 6.04 Å². The minimum atomic E-state index is 0.401. The highest BCUT2D eigenvalue weighted by atomic mass is 35.5. The summed E-state index contributed by atoms with van der Waals surface area (Å²) in [5, 5.41) is 4.21. The molecule has 1 N–H and O–H groups in total. The number of rotatable bonds is 9. The third kappa shape index (κ3) is 6.39. The van der Waals surface area contributed by atoms with Gasteiger partial charge in [0.15, 0.2) is 0 Å². The van der Waals surface area contributed by atoms with Crippen LogP contribution in [0.25, 0.3) is 0 Å². The summed E-state index contributed by atoms with van der Waals surface area (Å²) in [6, 6.07) is 8.48. The molecule has 1 aromatic rings. The van der Waals surface area contributed by atoms with Crippen LogP contribution in [0.15, 0.2) is 24.3 Å². The van der Waals surface area contributed by atoms with Crippen LogP contribution < -0.4 is 5.32 Å². The molecule has 0 saturated carbocycles. The largest absolute Gasteiger partial charge is 0.385 e. The van der Waals surface area contributed by atoms with E-state index >= 15 is 0 Å². The van der Waals surface area contributed by atoms with Crippen molar-refractivity contribution >= 4 is 11.6 Å². The van der Waals surface area contributed by atoms with Crippen molar-refractivity contribution in [2.24, 2.45) is 0 Å². The summed E-state index contributed by atoms with van der Waals surface area (Å²) in [5.74, 6) is 0. The Morgan fingerprint density at radius 1 is 1.26 bits per heavy atom. The first kappa shape index (κ1) is 16.4. The molecular weight excluding hydrogens is 260 g/mol. The van der Waals surface area contributed by atoms with E-state index in [9.17, 15) is 0 Å². The number of ether oxygens (including phenoxy) is 1. The van der Waals surface area contributed by atoms with Gasteiger partial charge in [0.05, 0.1) is 0 Å². The zero-order valence-electron chi connectivity index (χ0n) is 12.2. The Hall–Kier alpha value is -0.610. The molecule has 0 heterocycles. The van der Waals surface area contributed by atoms with Crippen LogP contribution in [0.1, 0.15) is 24.9 Å². The lowest BCUT2D eigenvalue weighted by molar-refractivity contribution is 0.193. The van der Waals surface area contributed by atoms with E-state index in [1.165, 1.54) is 5.56 Å². The van der Waals surface area contributed by atoms with Crippen LogP contribution >= 0.6 is 11.6 Å². The summed E-state index contributed by atoms with van der Waals surface area (Å²) in [4.78, 5) is 2.34. The van der Waals surface area contributed by atoms with E-state index < -0.39 is 0 Å². The van der Waals surface area contributed by atoms with E-state index in [1.807, 2.05) is 12.1 Å². The Morgan fingerprint density at radius 2 is 1.95 bits per heavy atom. The molecule has 1 aromatic carbocycles. The number of hydrogen-bond acceptors (Lipinski definition) is 3. The van der Waals surface area contributed by atoms with Gasteiger partial charge in [0.1, 0.15) is 0 Å². The summed E-state index contributed by atoms with van der Waals surface area (Å²) in [6.07, 6.45) is 1.06. The van der Waals surface area contributed by atoms with Crippen molar-refractivity contribution in [1.29, 1.82) is 0 Å². The zero-order chi connectivity index (χ0) is 14.1. The van der Waals surface area contributed by atoms with Gasteiger partial charge in [0.2, 0.25) is 0 Å². The van der Waals surface area contributed by atoms with Crippen LogP contribution in [-0.2, 0) is 4.74 Å². The van der Waals surface area contributed by atoms with Crippen LogP contribution in [0, 0.1) is 0 Å². The third-order valence-electron chi connectivity index (χ3n) is 3.36. The van der Waals surface area contributed by atoms with Gasteiger partial charge in [-0.25, -0.2) is 0 Å². The molecule has 0 aromatic heterocycles. The summed E-state index contributed by atoms with van der Waals surface area (Å²) < 4.78 is 5.01. The molecule has 0 aliphatic heterocycles. The first-order chi connectivity index (χ1) is 9.15. The van der Waals surface area contributed by atoms with Crippen LogP contribution in [0.3, 0.4) is 0 Å². The lowest BCUT2D eigenvalue weighted by atomic mass is 10.1. The van der Waals surface area contributed by atoms with Gasteiger partial charge < -0.3 is 10.1 Å². The number of methoxy groups -OCH3 is 1. The van der Waals surface area contributed by atoms with E-state index in [2.05, 4.69) is 36.3 Å². The average molecular weight is 285 g/mol. The van der Waals surface area contributed by atoms with Crippen LogP contribution in [-0.4, -0.2) is 45.3 Å². The number of hydrogen-bond donors (Lipinski definition) is 1. The minimum absolute atomic E-state index is 0.401. The maximum atomic E-state index is 5.91. The van der Waals surface area contributed by atoms with Crippen LogP contribution in [0.2, 0.25) is 5.02 Å². The second-order valence-corrected chi connectivity index (χ2v) is 5.24. The van der Waals surface area contributed by atoms with Gasteiger partial charge in [-0.15, -0.1) is 0 Å². The zero-order valence-corrected chi connectivity index (χ0v) is 12.9. The van der Waals surface area contributed by atoms with Crippen molar-refractivity contribution in [3.63, 3.8) is 0 Å². The van der Waals surface area contributed by atoms with E-state index in [4.69, 9.17) is 16.3 Å². The van der Waals surface area contributed by atoms with E-state index in [-0.39, 0.29) is 0 Å². The monoisotopic (exact) mass is 284 g/mol. The highest BCUT2D eigenvalue weighted by Crippen LogP contribution is 2.20. The van der Waals surface area contributed by atoms with Gasteiger partial charge in [-0.3, -0.25) is 4.90 Å². The molecule has 3 nitrogen and oxygen atoms in total. The molecule has 1 unspecified atom stereocenters. The standard InChI is InChI=1S/C15H25ClN2O/c1-13(14-5-7-15(16)8-6-14)18(2)11-10-17-9-4-12-19-3/h5-8,13,17H,4,9-12H2,1-3H3. The molecule has 0 bridgehead atoms. The van der Waals surface area contributed by atoms with Gasteiger partial charge in [0, 0.05) is 37.9 Å². The maximum Gasteiger partial charge on any atom is 0.0474 e. The molecule has 0 aliphatic carbocycles. The smallest absolute Gasteiger partial charge is 0.0474 e. The maximum absolute atomic E-state index is 5.91. The Balaban J connectivity index is 2.25. The molecule has 19 heavy (non-hydrogen) atoms. The van der Waals surface area contributed by atoms with Crippen molar-refractivity contribution in [2.75, 3.05) is 40.4 Å². The van der Waals surface area contributed by atoms with Gasteiger partial charge in [0.25, 0.3) is 0 Å². The summed E-state index contributed by atoms with van der Waals surface area (Å²) in [7, 11) is 3.89. The van der Waals surface area contributed by atoms with Crippen molar-refractivity contribution < 1.29 is 4.74 Å². The highest BCUT2D eigenvalue weighted by molar-refractivity contribution is 6.30. The Labute approximate surface area is 121 Å². The Bertz CT molecular complexity index is 343. The molecular formula is C15H25ClN2O. The third-order valence-corrected chi connectivity index (χ3v) is 3.61. The first-order valence-corrected chi connectivity index (χ1v) is 7.18. The lowest BCUT2D eigenvalue weighted by Gasteiger charge is -2.25. The van der Waals surface area contributed by atoms with E-state index in [1.54, 1.807) is 7.11 Å². The number of likely N-dealkylation sites (N-methyl/N-ethyl adjacent to an activating group) is 1. The number of nitrogens with zero attached hydrogens (tertiary/aromatic N) is 1. The second kappa shape index (κ2) is 9.32. The Morgan fingerprint density at radius 3 is 2.58 bits per heavy atom. The quantitative estimate of drug-likeness (QED) is 0.706. The summed E-state index contributed by atoms with van der Waals surface area (Å²) >= 11 is 5.91. The molecule has 1 rings (SSSR count). The van der Waals surface area contributed by atoms with Gasteiger partial charge in [-0.05, 0) is 44.6 Å². The number of benzene rings is 1. The van der Waals surface area contributed by atoms with Crippen molar-refractivity contribution in [3.05, 3.63) is 34.9 Å². The van der Waals surface area contributed by atoms with Gasteiger partial charge >= 0.3 is 0 Å². The van der Waals surface area contributed by atoms with Crippen molar-refractivity contribution in [3.8, 4) is 0 Å². The summed E-state index contributed by atoms with van der Waals surface area (Å²) in [5.41, 5.74) is 1.30. The fourth-order valence-electron chi connectivity index (χ4n) is 1.91. The van der Waals surface area contributed by atoms with Crippen molar-refractivity contribution in [2.45, 2.75) is 19.4 Å². The lowest BCUT2D eigenvalue weighted by Crippen LogP contribution is -2.31. The van der Waals surface area contributed by atoms with Gasteiger partial charge in [-0.2, -0.15) is 0 Å². The normalized spacial score (nSPS) is 12.9. The fourth-order valence-corrected chi connectivity index (χ4v) is 2.04. The SMILES string of the molecule is COCCCNCCN(C)C(C)c1ccc(Cl)cc1. The van der Waals surface area contributed by atoms with Crippen LogP contribution in [0.5, 0.6) is 0 Å². The molecule has 0 fully saturated rings. The second-order valence-electron chi connectivity index (χ2n) is 4.80.